The molecule has 0 saturated heterocycles. The average Bonchev–Trinajstić information content (AvgIpc) is 3.13. The SMILES string of the molecule is CC(C)Cn1c(SCC(=O)N(C)c2ccc([N+](=O)[O-])cc2)nnc1-c1ccc(Cl)cc1Cl. The fraction of sp³-hybridized carbons (Fsp3) is 0.286. The molecule has 0 N–H and O–H groups in total. The number of carbonyl (C=O) groups is 1. The number of anilines is 1. The van der Waals surface area contributed by atoms with Gasteiger partial charge < -0.3 is 9.47 Å². The van der Waals surface area contributed by atoms with Crippen LogP contribution in [-0.2, 0) is 11.3 Å². The minimum absolute atomic E-state index is 0.0286. The van der Waals surface area contributed by atoms with Crippen LogP contribution < -0.4 is 4.90 Å². The van der Waals surface area contributed by atoms with Crippen LogP contribution in [0.15, 0.2) is 47.6 Å². The smallest absolute Gasteiger partial charge is 0.269 e. The lowest BCUT2D eigenvalue weighted by Crippen LogP contribution is -2.28. The van der Waals surface area contributed by atoms with Crippen LogP contribution in [0.3, 0.4) is 0 Å². The highest BCUT2D eigenvalue weighted by molar-refractivity contribution is 7.99. The van der Waals surface area contributed by atoms with Gasteiger partial charge >= 0.3 is 0 Å². The molecule has 0 unspecified atom stereocenters. The van der Waals surface area contributed by atoms with Gasteiger partial charge in [-0.2, -0.15) is 0 Å². The van der Waals surface area contributed by atoms with Gasteiger partial charge in [0.05, 0.1) is 15.7 Å². The molecule has 2 aromatic carbocycles. The number of benzene rings is 2. The molecule has 0 spiro atoms. The van der Waals surface area contributed by atoms with Crippen molar-refractivity contribution in [3.05, 3.63) is 62.6 Å². The minimum atomic E-state index is -0.479. The van der Waals surface area contributed by atoms with Gasteiger partial charge in [-0.15, -0.1) is 10.2 Å². The van der Waals surface area contributed by atoms with Gasteiger partial charge in [0.25, 0.3) is 5.69 Å². The first-order chi connectivity index (χ1) is 15.2. The van der Waals surface area contributed by atoms with Crippen LogP contribution in [0.5, 0.6) is 0 Å². The number of nitrogens with zero attached hydrogens (tertiary/aromatic N) is 5. The summed E-state index contributed by atoms with van der Waals surface area (Å²) in [5, 5.41) is 21.0. The second-order valence-corrected chi connectivity index (χ2v) is 9.24. The summed E-state index contributed by atoms with van der Waals surface area (Å²) in [7, 11) is 1.63. The largest absolute Gasteiger partial charge is 0.315 e. The Labute approximate surface area is 199 Å². The maximum absolute atomic E-state index is 12.7. The van der Waals surface area contributed by atoms with E-state index in [4.69, 9.17) is 23.2 Å². The molecule has 1 amide bonds. The molecule has 0 bridgehead atoms. The van der Waals surface area contributed by atoms with Crippen molar-refractivity contribution in [3.8, 4) is 11.4 Å². The van der Waals surface area contributed by atoms with E-state index >= 15 is 0 Å². The molecule has 0 fully saturated rings. The third-order valence-corrected chi connectivity index (χ3v) is 6.08. The zero-order valence-electron chi connectivity index (χ0n) is 17.7. The lowest BCUT2D eigenvalue weighted by molar-refractivity contribution is -0.384. The van der Waals surface area contributed by atoms with Crippen molar-refractivity contribution >= 4 is 52.2 Å². The third-order valence-electron chi connectivity index (χ3n) is 4.58. The molecule has 1 heterocycles. The monoisotopic (exact) mass is 493 g/mol. The molecule has 1 aromatic heterocycles. The molecule has 168 valence electrons. The number of halogens is 2. The van der Waals surface area contributed by atoms with E-state index in [1.807, 2.05) is 4.57 Å². The van der Waals surface area contributed by atoms with E-state index in [-0.39, 0.29) is 17.3 Å². The fourth-order valence-electron chi connectivity index (χ4n) is 2.96. The highest BCUT2D eigenvalue weighted by atomic mass is 35.5. The Balaban J connectivity index is 1.78. The summed E-state index contributed by atoms with van der Waals surface area (Å²) in [6, 6.07) is 11.0. The molecule has 3 rings (SSSR count). The van der Waals surface area contributed by atoms with E-state index in [2.05, 4.69) is 24.0 Å². The van der Waals surface area contributed by atoms with Gasteiger partial charge in [0.2, 0.25) is 5.91 Å². The Morgan fingerprint density at radius 1 is 1.19 bits per heavy atom. The molecule has 32 heavy (non-hydrogen) atoms. The van der Waals surface area contributed by atoms with Crippen molar-refractivity contribution < 1.29 is 9.72 Å². The number of amides is 1. The third kappa shape index (κ3) is 5.59. The summed E-state index contributed by atoms with van der Waals surface area (Å²) >= 11 is 13.7. The Morgan fingerprint density at radius 3 is 2.47 bits per heavy atom. The molecule has 0 aliphatic carbocycles. The van der Waals surface area contributed by atoms with Crippen molar-refractivity contribution in [1.29, 1.82) is 0 Å². The second-order valence-electron chi connectivity index (χ2n) is 7.45. The lowest BCUT2D eigenvalue weighted by atomic mass is 10.2. The van der Waals surface area contributed by atoms with Crippen molar-refractivity contribution in [2.24, 2.45) is 5.92 Å². The Hall–Kier alpha value is -2.62. The van der Waals surface area contributed by atoms with Crippen LogP contribution in [0.2, 0.25) is 10.0 Å². The number of carbonyl (C=O) groups excluding carboxylic acids is 1. The molecule has 0 atom stereocenters. The first-order valence-corrected chi connectivity index (χ1v) is 11.4. The molecule has 0 aliphatic rings. The molecule has 8 nitrogen and oxygen atoms in total. The van der Waals surface area contributed by atoms with E-state index in [0.717, 1.165) is 0 Å². The number of hydrogen-bond acceptors (Lipinski definition) is 6. The van der Waals surface area contributed by atoms with Crippen molar-refractivity contribution in [3.63, 3.8) is 0 Å². The summed E-state index contributed by atoms with van der Waals surface area (Å²) in [5.41, 5.74) is 1.25. The molecule has 11 heteroatoms. The summed E-state index contributed by atoms with van der Waals surface area (Å²) in [6.07, 6.45) is 0. The number of nitro benzene ring substituents is 1. The van der Waals surface area contributed by atoms with Crippen LogP contribution in [0.1, 0.15) is 13.8 Å². The standard InChI is InChI=1S/C21H21Cl2N5O3S/c1-13(2)11-27-20(17-9-4-14(22)10-18(17)23)24-25-21(27)32-12-19(29)26(3)15-5-7-16(8-6-15)28(30)31/h4-10,13H,11-12H2,1-3H3. The van der Waals surface area contributed by atoms with Crippen molar-refractivity contribution in [2.75, 3.05) is 17.7 Å². The van der Waals surface area contributed by atoms with Crippen LogP contribution in [0, 0.1) is 16.0 Å². The predicted octanol–water partition coefficient (Wildman–Crippen LogP) is 5.57. The van der Waals surface area contributed by atoms with E-state index < -0.39 is 4.92 Å². The Bertz CT molecular complexity index is 1130. The highest BCUT2D eigenvalue weighted by Crippen LogP contribution is 2.32. The number of aromatic nitrogens is 3. The molecule has 0 saturated carbocycles. The van der Waals surface area contributed by atoms with Gasteiger partial charge in [-0.1, -0.05) is 48.8 Å². The first-order valence-electron chi connectivity index (χ1n) is 9.69. The molecule has 0 aliphatic heterocycles. The van der Waals surface area contributed by atoms with Crippen molar-refractivity contribution in [1.82, 2.24) is 14.8 Å². The average molecular weight is 494 g/mol. The van der Waals surface area contributed by atoms with E-state index in [1.165, 1.54) is 28.8 Å². The van der Waals surface area contributed by atoms with Crippen LogP contribution in [0.4, 0.5) is 11.4 Å². The summed E-state index contributed by atoms with van der Waals surface area (Å²) in [6.45, 7) is 4.81. The van der Waals surface area contributed by atoms with Gasteiger partial charge in [0.15, 0.2) is 11.0 Å². The van der Waals surface area contributed by atoms with Crippen LogP contribution in [-0.4, -0.2) is 38.4 Å². The number of rotatable bonds is 8. The van der Waals surface area contributed by atoms with Gasteiger partial charge in [0.1, 0.15) is 0 Å². The first kappa shape index (κ1) is 24.0. The number of hydrogen-bond donors (Lipinski definition) is 0. The zero-order valence-corrected chi connectivity index (χ0v) is 20.0. The molecule has 3 aromatic rings. The predicted molar refractivity (Wildman–Crippen MR) is 128 cm³/mol. The van der Waals surface area contributed by atoms with Gasteiger partial charge in [-0.25, -0.2) is 0 Å². The summed E-state index contributed by atoms with van der Waals surface area (Å²) < 4.78 is 1.95. The molecular formula is C21H21Cl2N5O3S. The number of thioether (sulfide) groups is 1. The van der Waals surface area contributed by atoms with Gasteiger partial charge in [-0.3, -0.25) is 14.9 Å². The van der Waals surface area contributed by atoms with E-state index in [1.54, 1.807) is 37.4 Å². The number of nitro groups is 1. The molecular weight excluding hydrogens is 473 g/mol. The van der Waals surface area contributed by atoms with Crippen molar-refractivity contribution in [2.45, 2.75) is 25.5 Å². The van der Waals surface area contributed by atoms with E-state index in [0.29, 0.717) is 44.7 Å². The maximum atomic E-state index is 12.7. The maximum Gasteiger partial charge on any atom is 0.269 e. The quantitative estimate of drug-likeness (QED) is 0.231. The summed E-state index contributed by atoms with van der Waals surface area (Å²) in [5.74, 6) is 0.875. The summed E-state index contributed by atoms with van der Waals surface area (Å²) in [4.78, 5) is 24.5. The minimum Gasteiger partial charge on any atom is -0.315 e. The Kier molecular flexibility index (Phi) is 7.76. The Morgan fingerprint density at radius 2 is 1.88 bits per heavy atom. The van der Waals surface area contributed by atoms with E-state index in [9.17, 15) is 14.9 Å². The lowest BCUT2D eigenvalue weighted by Gasteiger charge is -2.17. The van der Waals surface area contributed by atoms with Gasteiger partial charge in [0, 0.05) is 42.0 Å². The van der Waals surface area contributed by atoms with Gasteiger partial charge in [-0.05, 0) is 36.2 Å². The fourth-order valence-corrected chi connectivity index (χ4v) is 4.31. The normalized spacial score (nSPS) is 11.1. The second kappa shape index (κ2) is 10.3. The zero-order chi connectivity index (χ0) is 23.4. The van der Waals surface area contributed by atoms with Crippen LogP contribution >= 0.6 is 35.0 Å². The molecule has 0 radical (unpaired) electrons. The van der Waals surface area contributed by atoms with Crippen LogP contribution in [0.25, 0.3) is 11.4 Å². The highest BCUT2D eigenvalue weighted by Gasteiger charge is 2.20. The topological polar surface area (TPSA) is 94.2 Å². The number of non-ortho nitro benzene ring substituents is 1.